The van der Waals surface area contributed by atoms with Crippen molar-refractivity contribution in [1.82, 2.24) is 5.32 Å². The van der Waals surface area contributed by atoms with Crippen LogP contribution < -0.4 is 10.1 Å². The van der Waals surface area contributed by atoms with Crippen LogP contribution in [0.3, 0.4) is 0 Å². The maximum Gasteiger partial charge on any atom is 0.119 e. The molecule has 1 saturated carbocycles. The van der Waals surface area contributed by atoms with Gasteiger partial charge < -0.3 is 15.2 Å². The number of hydrogen-bond donors (Lipinski definition) is 2. The van der Waals surface area contributed by atoms with Gasteiger partial charge in [-0.1, -0.05) is 19.1 Å². The van der Waals surface area contributed by atoms with Gasteiger partial charge in [0.05, 0.1) is 11.7 Å². The highest BCUT2D eigenvalue weighted by atomic mass is 16.5. The van der Waals surface area contributed by atoms with Gasteiger partial charge in [0.1, 0.15) is 5.75 Å². The van der Waals surface area contributed by atoms with E-state index in [1.54, 1.807) is 0 Å². The molecule has 19 heavy (non-hydrogen) atoms. The first-order valence-electron chi connectivity index (χ1n) is 7.32. The van der Waals surface area contributed by atoms with Gasteiger partial charge in [-0.3, -0.25) is 0 Å². The minimum atomic E-state index is -0.831. The Morgan fingerprint density at radius 2 is 1.89 bits per heavy atom. The van der Waals surface area contributed by atoms with Crippen molar-refractivity contribution in [1.29, 1.82) is 0 Å². The predicted molar refractivity (Wildman–Crippen MR) is 77.4 cm³/mol. The van der Waals surface area contributed by atoms with Crippen molar-refractivity contribution in [3.05, 3.63) is 29.8 Å². The summed E-state index contributed by atoms with van der Waals surface area (Å²) in [6, 6.07) is 7.85. The summed E-state index contributed by atoms with van der Waals surface area (Å²) in [5.41, 5.74) is 0.0919. The van der Waals surface area contributed by atoms with Gasteiger partial charge in [0.2, 0.25) is 0 Å². The quantitative estimate of drug-likeness (QED) is 0.829. The Hall–Kier alpha value is -1.06. The standard InChI is InChI=1S/C16H25NO2/c1-3-17-12-16(2,18)13-8-10-15(11-9-13)19-14-6-4-5-7-14/h8-11,14,17-18H,3-7,12H2,1-2H3. The zero-order valence-electron chi connectivity index (χ0n) is 12.0. The molecular weight excluding hydrogens is 238 g/mol. The van der Waals surface area contributed by atoms with E-state index >= 15 is 0 Å². The number of hydrogen-bond acceptors (Lipinski definition) is 3. The van der Waals surface area contributed by atoms with Gasteiger partial charge in [-0.15, -0.1) is 0 Å². The zero-order valence-corrected chi connectivity index (χ0v) is 12.0. The summed E-state index contributed by atoms with van der Waals surface area (Å²) < 4.78 is 5.93. The van der Waals surface area contributed by atoms with Gasteiger partial charge in [0.25, 0.3) is 0 Å². The maximum atomic E-state index is 10.4. The summed E-state index contributed by atoms with van der Waals surface area (Å²) in [6.07, 6.45) is 5.27. The molecule has 0 saturated heterocycles. The largest absolute Gasteiger partial charge is 0.490 e. The fourth-order valence-corrected chi connectivity index (χ4v) is 2.56. The molecule has 1 fully saturated rings. The van der Waals surface area contributed by atoms with E-state index in [-0.39, 0.29) is 0 Å². The van der Waals surface area contributed by atoms with Gasteiger partial charge >= 0.3 is 0 Å². The molecule has 0 spiro atoms. The third kappa shape index (κ3) is 3.95. The molecular formula is C16H25NO2. The molecule has 2 rings (SSSR count). The van der Waals surface area contributed by atoms with E-state index < -0.39 is 5.60 Å². The number of rotatable bonds is 6. The van der Waals surface area contributed by atoms with Crippen LogP contribution in [-0.2, 0) is 5.60 Å². The average molecular weight is 263 g/mol. The van der Waals surface area contributed by atoms with E-state index in [4.69, 9.17) is 4.74 Å². The second kappa shape index (κ2) is 6.40. The molecule has 3 nitrogen and oxygen atoms in total. The topological polar surface area (TPSA) is 41.5 Å². The van der Waals surface area contributed by atoms with Crippen LogP contribution in [0.5, 0.6) is 5.75 Å². The van der Waals surface area contributed by atoms with Gasteiger partial charge in [-0.25, -0.2) is 0 Å². The maximum absolute atomic E-state index is 10.4. The van der Waals surface area contributed by atoms with Crippen LogP contribution in [0.15, 0.2) is 24.3 Å². The van der Waals surface area contributed by atoms with Gasteiger partial charge in [0.15, 0.2) is 0 Å². The first kappa shape index (κ1) is 14.4. The number of aliphatic hydroxyl groups is 1. The van der Waals surface area contributed by atoms with E-state index in [0.717, 1.165) is 17.9 Å². The molecule has 0 aromatic heterocycles. The molecule has 1 atom stereocenters. The molecule has 1 aromatic rings. The summed E-state index contributed by atoms with van der Waals surface area (Å²) in [5.74, 6) is 0.912. The number of nitrogens with one attached hydrogen (secondary N) is 1. The van der Waals surface area contributed by atoms with Crippen molar-refractivity contribution in [2.45, 2.75) is 51.2 Å². The summed E-state index contributed by atoms with van der Waals surface area (Å²) in [5, 5.41) is 13.6. The Balaban J connectivity index is 1.96. The SMILES string of the molecule is CCNCC(C)(O)c1ccc(OC2CCCC2)cc1. The lowest BCUT2D eigenvalue weighted by Crippen LogP contribution is -2.35. The highest BCUT2D eigenvalue weighted by molar-refractivity contribution is 5.31. The smallest absolute Gasteiger partial charge is 0.119 e. The highest BCUT2D eigenvalue weighted by Gasteiger charge is 2.22. The lowest BCUT2D eigenvalue weighted by Gasteiger charge is -2.24. The van der Waals surface area contributed by atoms with Crippen LogP contribution in [0.1, 0.15) is 45.1 Å². The van der Waals surface area contributed by atoms with Crippen molar-refractivity contribution >= 4 is 0 Å². The molecule has 1 unspecified atom stereocenters. The Morgan fingerprint density at radius 3 is 2.47 bits per heavy atom. The van der Waals surface area contributed by atoms with Crippen molar-refractivity contribution in [2.75, 3.05) is 13.1 Å². The third-order valence-corrected chi connectivity index (χ3v) is 3.80. The molecule has 106 valence electrons. The van der Waals surface area contributed by atoms with Crippen molar-refractivity contribution < 1.29 is 9.84 Å². The lowest BCUT2D eigenvalue weighted by molar-refractivity contribution is 0.0575. The normalized spacial score (nSPS) is 19.3. The first-order chi connectivity index (χ1) is 9.12. The van der Waals surface area contributed by atoms with E-state index in [2.05, 4.69) is 5.32 Å². The average Bonchev–Trinajstić information content (AvgIpc) is 2.90. The van der Waals surface area contributed by atoms with Gasteiger partial charge in [-0.2, -0.15) is 0 Å². The van der Waals surface area contributed by atoms with Crippen molar-refractivity contribution in [2.24, 2.45) is 0 Å². The molecule has 1 aromatic carbocycles. The van der Waals surface area contributed by atoms with E-state index in [9.17, 15) is 5.11 Å². The molecule has 1 aliphatic rings. The summed E-state index contributed by atoms with van der Waals surface area (Å²) in [4.78, 5) is 0. The number of ether oxygens (including phenoxy) is 1. The molecule has 0 bridgehead atoms. The second-order valence-electron chi connectivity index (χ2n) is 5.60. The number of likely N-dealkylation sites (N-methyl/N-ethyl adjacent to an activating group) is 1. The molecule has 1 aliphatic carbocycles. The Kier molecular flexibility index (Phi) is 4.83. The summed E-state index contributed by atoms with van der Waals surface area (Å²) in [7, 11) is 0. The Labute approximate surface area is 116 Å². The minimum Gasteiger partial charge on any atom is -0.490 e. The molecule has 0 amide bonds. The summed E-state index contributed by atoms with van der Waals surface area (Å²) in [6.45, 7) is 5.29. The molecule has 2 N–H and O–H groups in total. The molecule has 0 radical (unpaired) electrons. The monoisotopic (exact) mass is 263 g/mol. The van der Waals surface area contributed by atoms with Crippen LogP contribution in [0.4, 0.5) is 0 Å². The second-order valence-corrected chi connectivity index (χ2v) is 5.60. The van der Waals surface area contributed by atoms with Crippen LogP contribution in [0.2, 0.25) is 0 Å². The van der Waals surface area contributed by atoms with Crippen LogP contribution in [0.25, 0.3) is 0 Å². The van der Waals surface area contributed by atoms with Gasteiger partial charge in [-0.05, 0) is 56.8 Å². The van der Waals surface area contributed by atoms with E-state index in [0.29, 0.717) is 12.6 Å². The van der Waals surface area contributed by atoms with E-state index in [1.807, 2.05) is 38.1 Å². The van der Waals surface area contributed by atoms with Crippen LogP contribution in [-0.4, -0.2) is 24.3 Å². The van der Waals surface area contributed by atoms with E-state index in [1.165, 1.54) is 25.7 Å². The minimum absolute atomic E-state index is 0.383. The zero-order chi connectivity index (χ0) is 13.7. The molecule has 3 heteroatoms. The highest BCUT2D eigenvalue weighted by Crippen LogP contribution is 2.26. The van der Waals surface area contributed by atoms with Crippen LogP contribution >= 0.6 is 0 Å². The fraction of sp³-hybridized carbons (Fsp3) is 0.625. The Bertz CT molecular complexity index is 380. The van der Waals surface area contributed by atoms with Crippen molar-refractivity contribution in [3.8, 4) is 5.75 Å². The van der Waals surface area contributed by atoms with Crippen molar-refractivity contribution in [3.63, 3.8) is 0 Å². The first-order valence-corrected chi connectivity index (χ1v) is 7.32. The fourth-order valence-electron chi connectivity index (χ4n) is 2.56. The Morgan fingerprint density at radius 1 is 1.26 bits per heavy atom. The lowest BCUT2D eigenvalue weighted by atomic mass is 9.96. The summed E-state index contributed by atoms with van der Waals surface area (Å²) >= 11 is 0. The molecule has 0 heterocycles. The van der Waals surface area contributed by atoms with Crippen LogP contribution in [0, 0.1) is 0 Å². The molecule has 0 aliphatic heterocycles. The number of benzene rings is 1. The predicted octanol–water partition coefficient (Wildman–Crippen LogP) is 2.83. The third-order valence-electron chi connectivity index (χ3n) is 3.80. The van der Waals surface area contributed by atoms with Gasteiger partial charge in [0, 0.05) is 6.54 Å².